The van der Waals surface area contributed by atoms with Gasteiger partial charge in [0.15, 0.2) is 6.21 Å². The Morgan fingerprint density at radius 1 is 0.600 bits per heavy atom. The lowest BCUT2D eigenvalue weighted by molar-refractivity contribution is -0.434. The SMILES string of the molecule is Oc1c(-c2ccccc2)cc([N+]2=Cc3ccccc3N(c3ccccc3)C2)cc1-c1ccccc1. The van der Waals surface area contributed by atoms with Crippen LogP contribution in [0.3, 0.4) is 0 Å². The highest BCUT2D eigenvalue weighted by molar-refractivity contribution is 5.90. The molecule has 0 aliphatic carbocycles. The van der Waals surface area contributed by atoms with E-state index < -0.39 is 0 Å². The topological polar surface area (TPSA) is 26.5 Å². The Bertz CT molecular complexity index is 1450. The van der Waals surface area contributed by atoms with E-state index in [9.17, 15) is 5.11 Å². The zero-order chi connectivity index (χ0) is 23.6. The molecule has 6 rings (SSSR count). The van der Waals surface area contributed by atoms with Crippen LogP contribution in [0.5, 0.6) is 5.75 Å². The second-order valence-corrected chi connectivity index (χ2v) is 8.68. The van der Waals surface area contributed by atoms with Gasteiger partial charge in [-0.3, -0.25) is 4.90 Å². The van der Waals surface area contributed by atoms with E-state index in [2.05, 4.69) is 76.4 Å². The molecule has 0 saturated heterocycles. The van der Waals surface area contributed by atoms with Crippen LogP contribution in [0.25, 0.3) is 22.3 Å². The van der Waals surface area contributed by atoms with Crippen molar-refractivity contribution in [3.05, 3.63) is 133 Å². The number of phenolic OH excluding ortho intramolecular Hbond substituents is 1. The number of hydrogen-bond donors (Lipinski definition) is 1. The molecule has 5 aromatic carbocycles. The Balaban J connectivity index is 1.55. The lowest BCUT2D eigenvalue weighted by Gasteiger charge is -2.27. The summed E-state index contributed by atoms with van der Waals surface area (Å²) >= 11 is 0. The number of nitrogens with zero attached hydrogens (tertiary/aromatic N) is 2. The third-order valence-electron chi connectivity index (χ3n) is 6.48. The summed E-state index contributed by atoms with van der Waals surface area (Å²) in [7, 11) is 0. The number of phenols is 1. The van der Waals surface area contributed by atoms with Gasteiger partial charge in [0.1, 0.15) is 5.75 Å². The summed E-state index contributed by atoms with van der Waals surface area (Å²) in [5.74, 6) is 0.295. The highest BCUT2D eigenvalue weighted by atomic mass is 16.3. The van der Waals surface area contributed by atoms with Crippen molar-refractivity contribution >= 4 is 23.3 Å². The number of aromatic hydroxyl groups is 1. The van der Waals surface area contributed by atoms with Crippen molar-refractivity contribution in [1.82, 2.24) is 0 Å². The molecule has 3 nitrogen and oxygen atoms in total. The molecule has 0 radical (unpaired) electrons. The summed E-state index contributed by atoms with van der Waals surface area (Å²) in [5, 5.41) is 11.4. The first kappa shape index (κ1) is 20.9. The molecule has 0 fully saturated rings. The quantitative estimate of drug-likeness (QED) is 0.284. The van der Waals surface area contributed by atoms with E-state index in [1.54, 1.807) is 0 Å². The molecule has 0 spiro atoms. The summed E-state index contributed by atoms with van der Waals surface area (Å²) < 4.78 is 2.26. The van der Waals surface area contributed by atoms with Gasteiger partial charge in [0.05, 0.1) is 11.3 Å². The van der Waals surface area contributed by atoms with Crippen LogP contribution in [0.4, 0.5) is 17.1 Å². The van der Waals surface area contributed by atoms with Crippen molar-refractivity contribution in [2.45, 2.75) is 0 Å². The average molecular weight is 454 g/mol. The Morgan fingerprint density at radius 3 is 1.71 bits per heavy atom. The smallest absolute Gasteiger partial charge is 0.228 e. The maximum Gasteiger partial charge on any atom is 0.228 e. The third kappa shape index (κ3) is 3.98. The summed E-state index contributed by atoms with van der Waals surface area (Å²) in [6.07, 6.45) is 2.20. The molecule has 0 atom stereocenters. The predicted octanol–water partition coefficient (Wildman–Crippen LogP) is 7.60. The van der Waals surface area contributed by atoms with Gasteiger partial charge in [0.25, 0.3) is 0 Å². The zero-order valence-electron chi connectivity index (χ0n) is 19.3. The van der Waals surface area contributed by atoms with Gasteiger partial charge in [-0.2, -0.15) is 4.58 Å². The minimum absolute atomic E-state index is 0.295. The first-order chi connectivity index (χ1) is 17.3. The number of benzene rings is 5. The molecule has 1 aliphatic heterocycles. The minimum Gasteiger partial charge on any atom is -0.507 e. The number of para-hydroxylation sites is 2. The molecule has 0 aromatic heterocycles. The maximum absolute atomic E-state index is 11.4. The summed E-state index contributed by atoms with van der Waals surface area (Å²) in [4.78, 5) is 2.33. The molecular weight excluding hydrogens is 428 g/mol. The average Bonchev–Trinajstić information content (AvgIpc) is 2.94. The summed E-state index contributed by atoms with van der Waals surface area (Å²) in [5.41, 5.74) is 8.11. The van der Waals surface area contributed by atoms with Gasteiger partial charge in [-0.1, -0.05) is 91.0 Å². The number of rotatable bonds is 4. The molecule has 1 heterocycles. The fourth-order valence-electron chi connectivity index (χ4n) is 4.73. The highest BCUT2D eigenvalue weighted by Gasteiger charge is 2.27. The van der Waals surface area contributed by atoms with E-state index in [4.69, 9.17) is 0 Å². The second kappa shape index (κ2) is 8.96. The predicted molar refractivity (Wildman–Crippen MR) is 144 cm³/mol. The molecular formula is C32H25N2O+. The van der Waals surface area contributed by atoms with Gasteiger partial charge in [-0.05, 0) is 35.4 Å². The Hall–Kier alpha value is -4.63. The van der Waals surface area contributed by atoms with Crippen molar-refractivity contribution in [2.24, 2.45) is 0 Å². The minimum atomic E-state index is 0.295. The van der Waals surface area contributed by atoms with Crippen LogP contribution in [-0.2, 0) is 0 Å². The Morgan fingerprint density at radius 2 is 1.11 bits per heavy atom. The number of fused-ring (bicyclic) bond motifs is 1. The lowest BCUT2D eigenvalue weighted by atomic mass is 9.96. The number of hydrogen-bond acceptors (Lipinski definition) is 2. The van der Waals surface area contributed by atoms with Crippen LogP contribution in [0, 0.1) is 0 Å². The van der Waals surface area contributed by atoms with Crippen LogP contribution in [0.2, 0.25) is 0 Å². The molecule has 1 N–H and O–H groups in total. The lowest BCUT2D eigenvalue weighted by Crippen LogP contribution is -2.31. The van der Waals surface area contributed by atoms with Crippen molar-refractivity contribution in [3.63, 3.8) is 0 Å². The van der Waals surface area contributed by atoms with Gasteiger partial charge < -0.3 is 5.11 Å². The van der Waals surface area contributed by atoms with Crippen LogP contribution in [0.1, 0.15) is 5.56 Å². The van der Waals surface area contributed by atoms with E-state index in [1.807, 2.05) is 66.7 Å². The van der Waals surface area contributed by atoms with Gasteiger partial charge in [-0.15, -0.1) is 0 Å². The largest absolute Gasteiger partial charge is 0.507 e. The van der Waals surface area contributed by atoms with E-state index in [-0.39, 0.29) is 0 Å². The molecule has 5 aromatic rings. The molecule has 35 heavy (non-hydrogen) atoms. The van der Waals surface area contributed by atoms with Crippen LogP contribution in [0.15, 0.2) is 127 Å². The monoisotopic (exact) mass is 453 g/mol. The molecule has 0 unspecified atom stereocenters. The maximum atomic E-state index is 11.4. The van der Waals surface area contributed by atoms with Crippen LogP contribution < -0.4 is 4.90 Å². The Labute approximate surface area is 205 Å². The summed E-state index contributed by atoms with van der Waals surface area (Å²) in [6.45, 7) is 0.661. The van der Waals surface area contributed by atoms with Crippen LogP contribution >= 0.6 is 0 Å². The molecule has 1 aliphatic rings. The molecule has 0 amide bonds. The van der Waals surface area contributed by atoms with E-state index in [0.717, 1.165) is 39.2 Å². The van der Waals surface area contributed by atoms with E-state index in [1.165, 1.54) is 5.69 Å². The van der Waals surface area contributed by atoms with Crippen molar-refractivity contribution in [3.8, 4) is 28.0 Å². The Kier molecular flexibility index (Phi) is 5.36. The summed E-state index contributed by atoms with van der Waals surface area (Å²) in [6, 6.07) is 43.3. The van der Waals surface area contributed by atoms with Crippen LogP contribution in [-0.4, -0.2) is 22.6 Å². The highest BCUT2D eigenvalue weighted by Crippen LogP contribution is 2.42. The first-order valence-corrected chi connectivity index (χ1v) is 11.8. The normalized spacial score (nSPS) is 12.7. The van der Waals surface area contributed by atoms with E-state index in [0.29, 0.717) is 12.4 Å². The molecule has 0 bridgehead atoms. The fourth-order valence-corrected chi connectivity index (χ4v) is 4.73. The standard InChI is InChI=1S/C32H24N2O/c35-32-29(24-12-4-1-5-13-24)20-28(21-30(32)25-14-6-2-7-15-25)33-22-26-16-10-11-19-31(26)34(23-33)27-17-8-3-9-18-27/h1-22H,23H2/p+1. The fraction of sp³-hybridized carbons (Fsp3) is 0.0312. The molecule has 3 heteroatoms. The van der Waals surface area contributed by atoms with Gasteiger partial charge in [0.2, 0.25) is 12.4 Å². The van der Waals surface area contributed by atoms with Crippen molar-refractivity contribution < 1.29 is 9.68 Å². The zero-order valence-corrected chi connectivity index (χ0v) is 19.3. The van der Waals surface area contributed by atoms with Gasteiger partial charge >= 0.3 is 0 Å². The van der Waals surface area contributed by atoms with Gasteiger partial charge in [0, 0.05) is 28.9 Å². The molecule has 0 saturated carbocycles. The second-order valence-electron chi connectivity index (χ2n) is 8.68. The van der Waals surface area contributed by atoms with E-state index >= 15 is 0 Å². The van der Waals surface area contributed by atoms with Gasteiger partial charge in [-0.25, -0.2) is 0 Å². The first-order valence-electron chi connectivity index (χ1n) is 11.8. The van der Waals surface area contributed by atoms with Crippen molar-refractivity contribution in [2.75, 3.05) is 11.6 Å². The van der Waals surface area contributed by atoms with Crippen molar-refractivity contribution in [1.29, 1.82) is 0 Å². The molecule has 168 valence electrons. The number of anilines is 2. The third-order valence-corrected chi connectivity index (χ3v) is 6.48.